The van der Waals surface area contributed by atoms with Gasteiger partial charge in [-0.1, -0.05) is 12.6 Å². The summed E-state index contributed by atoms with van der Waals surface area (Å²) in [5, 5.41) is 10.1. The van der Waals surface area contributed by atoms with Crippen molar-refractivity contribution in [3.05, 3.63) is 29.0 Å². The third-order valence-corrected chi connectivity index (χ3v) is 2.12. The lowest BCUT2D eigenvalue weighted by Gasteiger charge is -1.97. The lowest BCUT2D eigenvalue weighted by molar-refractivity contribution is -0.123. The molecular weight excluding hydrogens is 162 g/mol. The van der Waals surface area contributed by atoms with Crippen LogP contribution in [0, 0.1) is 0 Å². The topological polar surface area (TPSA) is 49.3 Å². The van der Waals surface area contributed by atoms with E-state index in [9.17, 15) is 4.79 Å². The number of hydroxylamine groups is 1. The van der Waals surface area contributed by atoms with Crippen molar-refractivity contribution < 1.29 is 10.0 Å². The summed E-state index contributed by atoms with van der Waals surface area (Å²) in [5.41, 5.74) is 1.80. The summed E-state index contributed by atoms with van der Waals surface area (Å²) in [6.45, 7) is 3.51. The molecule has 0 atom stereocenters. The monoisotopic (exact) mass is 169 g/mol. The Kier molecular flexibility index (Phi) is 2.40. The highest BCUT2D eigenvalue weighted by Gasteiger charge is 2.07. The summed E-state index contributed by atoms with van der Waals surface area (Å²) in [7, 11) is 0. The molecule has 58 valence electrons. The van der Waals surface area contributed by atoms with E-state index in [4.69, 9.17) is 5.21 Å². The Morgan fingerprint density at radius 1 is 1.73 bits per heavy atom. The molecule has 4 heteroatoms. The van der Waals surface area contributed by atoms with Gasteiger partial charge in [0.2, 0.25) is 0 Å². The van der Waals surface area contributed by atoms with Crippen LogP contribution in [0.4, 0.5) is 0 Å². The quantitative estimate of drug-likeness (QED) is 0.398. The minimum Gasteiger partial charge on any atom is -0.288 e. The van der Waals surface area contributed by atoms with E-state index in [2.05, 4.69) is 6.58 Å². The van der Waals surface area contributed by atoms with Crippen molar-refractivity contribution in [2.75, 3.05) is 0 Å². The summed E-state index contributed by atoms with van der Waals surface area (Å²) < 4.78 is 0. The average molecular weight is 169 g/mol. The van der Waals surface area contributed by atoms with E-state index in [1.54, 1.807) is 6.07 Å². The van der Waals surface area contributed by atoms with Crippen molar-refractivity contribution in [3.8, 4) is 0 Å². The molecule has 0 aliphatic rings. The van der Waals surface area contributed by atoms with Gasteiger partial charge in [-0.2, -0.15) is 0 Å². The van der Waals surface area contributed by atoms with Gasteiger partial charge >= 0.3 is 0 Å². The highest BCUT2D eigenvalue weighted by molar-refractivity contribution is 7.11. The highest BCUT2D eigenvalue weighted by atomic mass is 32.1. The fourth-order valence-corrected chi connectivity index (χ4v) is 1.33. The third-order valence-electron chi connectivity index (χ3n) is 1.19. The molecule has 0 aliphatic carbocycles. The molecule has 0 radical (unpaired) electrons. The fraction of sp³-hybridized carbons (Fsp3) is 0. The zero-order valence-corrected chi connectivity index (χ0v) is 6.52. The van der Waals surface area contributed by atoms with E-state index >= 15 is 0 Å². The van der Waals surface area contributed by atoms with Crippen molar-refractivity contribution in [1.29, 1.82) is 0 Å². The van der Waals surface area contributed by atoms with Gasteiger partial charge in [-0.3, -0.25) is 10.0 Å². The van der Waals surface area contributed by atoms with E-state index in [-0.39, 0.29) is 5.57 Å². The summed E-state index contributed by atoms with van der Waals surface area (Å²) in [4.78, 5) is 11.5. The molecule has 0 aromatic carbocycles. The molecule has 0 aliphatic heterocycles. The molecule has 0 unspecified atom stereocenters. The SMILES string of the molecule is C=C(C(=O)NO)c1cccs1. The summed E-state index contributed by atoms with van der Waals surface area (Å²) in [6.07, 6.45) is 0. The second-order valence-electron chi connectivity index (χ2n) is 1.90. The molecule has 11 heavy (non-hydrogen) atoms. The van der Waals surface area contributed by atoms with Gasteiger partial charge in [0.05, 0.1) is 5.57 Å². The van der Waals surface area contributed by atoms with Crippen LogP contribution in [-0.2, 0) is 4.79 Å². The molecule has 0 fully saturated rings. The normalized spacial score (nSPS) is 9.18. The molecule has 0 saturated carbocycles. The molecule has 0 bridgehead atoms. The zero-order chi connectivity index (χ0) is 8.27. The van der Waals surface area contributed by atoms with Crippen LogP contribution in [0.1, 0.15) is 4.88 Å². The molecule has 1 aromatic heterocycles. The molecule has 2 N–H and O–H groups in total. The maximum Gasteiger partial charge on any atom is 0.275 e. The van der Waals surface area contributed by atoms with Gasteiger partial charge in [-0.05, 0) is 11.4 Å². The predicted molar refractivity (Wildman–Crippen MR) is 43.3 cm³/mol. The Balaban J connectivity index is 2.79. The van der Waals surface area contributed by atoms with Gasteiger partial charge < -0.3 is 0 Å². The minimum absolute atomic E-state index is 0.280. The number of nitrogens with one attached hydrogen (secondary N) is 1. The molecule has 1 aromatic rings. The van der Waals surface area contributed by atoms with Crippen molar-refractivity contribution in [1.82, 2.24) is 5.48 Å². The number of carbonyl (C=O) groups is 1. The van der Waals surface area contributed by atoms with Crippen molar-refractivity contribution in [3.63, 3.8) is 0 Å². The van der Waals surface area contributed by atoms with E-state index < -0.39 is 5.91 Å². The van der Waals surface area contributed by atoms with Crippen LogP contribution in [0.15, 0.2) is 24.1 Å². The van der Waals surface area contributed by atoms with E-state index in [1.165, 1.54) is 16.8 Å². The van der Waals surface area contributed by atoms with Gasteiger partial charge in [0.1, 0.15) is 0 Å². The largest absolute Gasteiger partial charge is 0.288 e. The highest BCUT2D eigenvalue weighted by Crippen LogP contribution is 2.17. The van der Waals surface area contributed by atoms with Crippen molar-refractivity contribution in [2.45, 2.75) is 0 Å². The number of carbonyl (C=O) groups excluding carboxylic acids is 1. The zero-order valence-electron chi connectivity index (χ0n) is 5.70. The molecular formula is C7H7NO2S. The number of rotatable bonds is 2. The van der Waals surface area contributed by atoms with Gasteiger partial charge in [0.25, 0.3) is 5.91 Å². The summed E-state index contributed by atoms with van der Waals surface area (Å²) >= 11 is 1.40. The molecule has 1 rings (SSSR count). The van der Waals surface area contributed by atoms with Crippen LogP contribution in [-0.4, -0.2) is 11.1 Å². The Hall–Kier alpha value is -1.13. The Morgan fingerprint density at radius 3 is 2.91 bits per heavy atom. The maximum atomic E-state index is 10.8. The number of amides is 1. The fourth-order valence-electron chi connectivity index (χ4n) is 0.630. The molecule has 1 amide bonds. The molecule has 3 nitrogen and oxygen atoms in total. The van der Waals surface area contributed by atoms with Gasteiger partial charge in [-0.15, -0.1) is 11.3 Å². The van der Waals surface area contributed by atoms with Crippen LogP contribution in [0.3, 0.4) is 0 Å². The van der Waals surface area contributed by atoms with Crippen LogP contribution in [0.25, 0.3) is 5.57 Å². The van der Waals surface area contributed by atoms with E-state index in [0.717, 1.165) is 4.88 Å². The van der Waals surface area contributed by atoms with Crippen molar-refractivity contribution >= 4 is 22.8 Å². The Bertz CT molecular complexity index is 266. The van der Waals surface area contributed by atoms with Gasteiger partial charge in [0, 0.05) is 4.88 Å². The first-order chi connectivity index (χ1) is 5.25. The number of hydrogen-bond donors (Lipinski definition) is 2. The van der Waals surface area contributed by atoms with Gasteiger partial charge in [0.15, 0.2) is 0 Å². The van der Waals surface area contributed by atoms with Crippen LogP contribution >= 0.6 is 11.3 Å². The second kappa shape index (κ2) is 3.32. The second-order valence-corrected chi connectivity index (χ2v) is 2.84. The minimum atomic E-state index is -0.563. The lowest BCUT2D eigenvalue weighted by atomic mass is 10.2. The average Bonchev–Trinajstić information content (AvgIpc) is 2.53. The first-order valence-corrected chi connectivity index (χ1v) is 3.81. The standard InChI is InChI=1S/C7H7NO2S/c1-5(7(9)8-10)6-3-2-4-11-6/h2-4,10H,1H2,(H,8,9). The smallest absolute Gasteiger partial charge is 0.275 e. The Morgan fingerprint density at radius 2 is 2.45 bits per heavy atom. The van der Waals surface area contributed by atoms with Crippen molar-refractivity contribution in [2.24, 2.45) is 0 Å². The number of thiophene rings is 1. The molecule has 1 heterocycles. The van der Waals surface area contributed by atoms with Crippen LogP contribution in [0.2, 0.25) is 0 Å². The lowest BCUT2D eigenvalue weighted by Crippen LogP contribution is -2.18. The van der Waals surface area contributed by atoms with Crippen LogP contribution in [0.5, 0.6) is 0 Å². The Labute approximate surface area is 67.9 Å². The molecule has 0 spiro atoms. The van der Waals surface area contributed by atoms with Crippen LogP contribution < -0.4 is 5.48 Å². The summed E-state index contributed by atoms with van der Waals surface area (Å²) in [6, 6.07) is 3.58. The first kappa shape index (κ1) is 7.97. The predicted octanol–water partition coefficient (Wildman–Crippen LogP) is 1.27. The van der Waals surface area contributed by atoms with E-state index in [1.807, 2.05) is 11.4 Å². The molecule has 0 saturated heterocycles. The number of hydrogen-bond acceptors (Lipinski definition) is 3. The first-order valence-electron chi connectivity index (χ1n) is 2.93. The van der Waals surface area contributed by atoms with Gasteiger partial charge in [-0.25, -0.2) is 5.48 Å². The van der Waals surface area contributed by atoms with E-state index in [0.29, 0.717) is 0 Å². The summed E-state index contributed by atoms with van der Waals surface area (Å²) in [5.74, 6) is -0.563. The third kappa shape index (κ3) is 1.66. The maximum absolute atomic E-state index is 10.8.